The summed E-state index contributed by atoms with van der Waals surface area (Å²) in [5.74, 6) is -0.152. The molecule has 94 valence electrons. The number of aryl methyl sites for hydroxylation is 1. The normalized spacial score (nSPS) is 12.3. The highest BCUT2D eigenvalue weighted by Gasteiger charge is 2.11. The Kier molecular flexibility index (Phi) is 5.25. The van der Waals surface area contributed by atoms with Gasteiger partial charge in [0.1, 0.15) is 0 Å². The van der Waals surface area contributed by atoms with Crippen LogP contribution in [0, 0.1) is 6.92 Å². The molecule has 0 bridgehead atoms. The highest BCUT2D eigenvalue weighted by Crippen LogP contribution is 2.28. The molecular formula is C12H16Cl2N2O. The Morgan fingerprint density at radius 3 is 2.65 bits per heavy atom. The van der Waals surface area contributed by atoms with Crippen LogP contribution in [0.2, 0.25) is 10.0 Å². The Morgan fingerprint density at radius 2 is 2.06 bits per heavy atom. The van der Waals surface area contributed by atoms with Crippen LogP contribution >= 0.6 is 23.2 Å². The summed E-state index contributed by atoms with van der Waals surface area (Å²) in [5.41, 5.74) is 7.10. The topological polar surface area (TPSA) is 55.1 Å². The molecule has 1 aromatic carbocycles. The number of carbonyl (C=O) groups is 1. The van der Waals surface area contributed by atoms with Crippen molar-refractivity contribution >= 4 is 34.8 Å². The molecule has 1 amide bonds. The van der Waals surface area contributed by atoms with Crippen LogP contribution in [-0.4, -0.2) is 11.9 Å². The number of hydrogen-bond acceptors (Lipinski definition) is 2. The first-order chi connectivity index (χ1) is 7.93. The standard InChI is InChI=1S/C12H16Cl2N2O/c1-3-8(15)5-12(17)16-11-6-9(13)7(2)4-10(11)14/h4,6,8H,3,5,15H2,1-2H3,(H,16,17). The zero-order valence-electron chi connectivity index (χ0n) is 9.89. The molecule has 0 aliphatic rings. The molecule has 3 nitrogen and oxygen atoms in total. The van der Waals surface area contributed by atoms with E-state index in [1.54, 1.807) is 12.1 Å². The SMILES string of the molecule is CCC(N)CC(=O)Nc1cc(Cl)c(C)cc1Cl. The van der Waals surface area contributed by atoms with E-state index in [9.17, 15) is 4.79 Å². The second-order valence-corrected chi connectivity index (χ2v) is 4.82. The first-order valence-corrected chi connectivity index (χ1v) is 6.20. The van der Waals surface area contributed by atoms with Crippen LogP contribution in [0.4, 0.5) is 5.69 Å². The summed E-state index contributed by atoms with van der Waals surface area (Å²) in [6, 6.07) is 3.24. The van der Waals surface area contributed by atoms with E-state index in [0.717, 1.165) is 12.0 Å². The molecule has 1 atom stereocenters. The number of anilines is 1. The lowest BCUT2D eigenvalue weighted by atomic mass is 10.1. The molecule has 5 heteroatoms. The number of amides is 1. The van der Waals surface area contributed by atoms with Crippen molar-refractivity contribution < 1.29 is 4.79 Å². The Morgan fingerprint density at radius 1 is 1.41 bits per heavy atom. The lowest BCUT2D eigenvalue weighted by Crippen LogP contribution is -2.26. The zero-order chi connectivity index (χ0) is 13.0. The Hall–Kier alpha value is -0.770. The summed E-state index contributed by atoms with van der Waals surface area (Å²) in [6.45, 7) is 3.79. The number of rotatable bonds is 4. The van der Waals surface area contributed by atoms with Crippen molar-refractivity contribution in [2.24, 2.45) is 5.73 Å². The zero-order valence-corrected chi connectivity index (χ0v) is 11.4. The van der Waals surface area contributed by atoms with Gasteiger partial charge in [-0.2, -0.15) is 0 Å². The molecule has 1 rings (SSSR count). The van der Waals surface area contributed by atoms with Crippen LogP contribution in [0.15, 0.2) is 12.1 Å². The van der Waals surface area contributed by atoms with E-state index in [1.807, 2.05) is 13.8 Å². The minimum atomic E-state index is -0.152. The third-order valence-electron chi connectivity index (χ3n) is 2.49. The maximum atomic E-state index is 11.6. The average Bonchev–Trinajstić information content (AvgIpc) is 2.25. The predicted octanol–water partition coefficient (Wildman–Crippen LogP) is 3.37. The smallest absolute Gasteiger partial charge is 0.225 e. The van der Waals surface area contributed by atoms with Gasteiger partial charge < -0.3 is 11.1 Å². The molecule has 0 aliphatic heterocycles. The van der Waals surface area contributed by atoms with E-state index in [1.165, 1.54) is 0 Å². The number of nitrogens with two attached hydrogens (primary N) is 1. The molecule has 0 radical (unpaired) electrons. The minimum absolute atomic E-state index is 0.130. The maximum Gasteiger partial charge on any atom is 0.225 e. The summed E-state index contributed by atoms with van der Waals surface area (Å²) >= 11 is 12.0. The maximum absolute atomic E-state index is 11.6. The largest absolute Gasteiger partial charge is 0.327 e. The molecule has 0 spiro atoms. The van der Waals surface area contributed by atoms with Gasteiger partial charge in [0.15, 0.2) is 0 Å². The van der Waals surface area contributed by atoms with Crippen LogP contribution in [0.1, 0.15) is 25.3 Å². The number of benzene rings is 1. The molecule has 17 heavy (non-hydrogen) atoms. The van der Waals surface area contributed by atoms with Gasteiger partial charge in [-0.25, -0.2) is 0 Å². The summed E-state index contributed by atoms with van der Waals surface area (Å²) < 4.78 is 0. The number of hydrogen-bond donors (Lipinski definition) is 2. The van der Waals surface area contributed by atoms with Crippen molar-refractivity contribution in [3.8, 4) is 0 Å². The molecule has 0 aromatic heterocycles. The van der Waals surface area contributed by atoms with E-state index in [-0.39, 0.29) is 18.4 Å². The third-order valence-corrected chi connectivity index (χ3v) is 3.21. The molecule has 0 aliphatic carbocycles. The lowest BCUT2D eigenvalue weighted by molar-refractivity contribution is -0.116. The first-order valence-electron chi connectivity index (χ1n) is 5.45. The van der Waals surface area contributed by atoms with Crippen molar-refractivity contribution in [3.05, 3.63) is 27.7 Å². The Bertz CT molecular complexity index is 421. The van der Waals surface area contributed by atoms with Gasteiger partial charge in [-0.05, 0) is 31.0 Å². The van der Waals surface area contributed by atoms with Gasteiger partial charge in [-0.3, -0.25) is 4.79 Å². The molecule has 0 heterocycles. The van der Waals surface area contributed by atoms with Crippen molar-refractivity contribution in [3.63, 3.8) is 0 Å². The molecule has 3 N–H and O–H groups in total. The van der Waals surface area contributed by atoms with E-state index in [2.05, 4.69) is 5.32 Å². The number of halogens is 2. The molecule has 0 saturated heterocycles. The summed E-state index contributed by atoms with van der Waals surface area (Å²) in [7, 11) is 0. The second kappa shape index (κ2) is 6.24. The highest BCUT2D eigenvalue weighted by molar-refractivity contribution is 6.36. The van der Waals surface area contributed by atoms with E-state index in [4.69, 9.17) is 28.9 Å². The number of carbonyl (C=O) groups excluding carboxylic acids is 1. The van der Waals surface area contributed by atoms with Crippen molar-refractivity contribution in [2.45, 2.75) is 32.7 Å². The fourth-order valence-corrected chi connectivity index (χ4v) is 1.75. The Labute approximate surface area is 111 Å². The molecular weight excluding hydrogens is 259 g/mol. The minimum Gasteiger partial charge on any atom is -0.327 e. The van der Waals surface area contributed by atoms with Crippen LogP contribution in [0.25, 0.3) is 0 Å². The fraction of sp³-hybridized carbons (Fsp3) is 0.417. The molecule has 1 aromatic rings. The molecule has 0 saturated carbocycles. The third kappa shape index (κ3) is 4.19. The quantitative estimate of drug-likeness (QED) is 0.885. The van der Waals surface area contributed by atoms with Gasteiger partial charge in [0.25, 0.3) is 0 Å². The highest BCUT2D eigenvalue weighted by atomic mass is 35.5. The van der Waals surface area contributed by atoms with Crippen LogP contribution < -0.4 is 11.1 Å². The van der Waals surface area contributed by atoms with Gasteiger partial charge in [-0.15, -0.1) is 0 Å². The van der Waals surface area contributed by atoms with Gasteiger partial charge in [0, 0.05) is 17.5 Å². The first kappa shape index (κ1) is 14.3. The van der Waals surface area contributed by atoms with Gasteiger partial charge >= 0.3 is 0 Å². The lowest BCUT2D eigenvalue weighted by Gasteiger charge is -2.11. The van der Waals surface area contributed by atoms with Crippen molar-refractivity contribution in [1.29, 1.82) is 0 Å². The average molecular weight is 275 g/mol. The molecule has 0 fully saturated rings. The monoisotopic (exact) mass is 274 g/mol. The van der Waals surface area contributed by atoms with Crippen LogP contribution in [-0.2, 0) is 4.79 Å². The fourth-order valence-electron chi connectivity index (χ4n) is 1.33. The summed E-state index contributed by atoms with van der Waals surface area (Å²) in [6.07, 6.45) is 1.04. The van der Waals surface area contributed by atoms with Gasteiger partial charge in [0.05, 0.1) is 10.7 Å². The second-order valence-electron chi connectivity index (χ2n) is 4.00. The van der Waals surface area contributed by atoms with Crippen LogP contribution in [0.3, 0.4) is 0 Å². The van der Waals surface area contributed by atoms with Crippen molar-refractivity contribution in [2.75, 3.05) is 5.32 Å². The van der Waals surface area contributed by atoms with Gasteiger partial charge in [0.2, 0.25) is 5.91 Å². The van der Waals surface area contributed by atoms with Gasteiger partial charge in [-0.1, -0.05) is 30.1 Å². The van der Waals surface area contributed by atoms with E-state index < -0.39 is 0 Å². The summed E-state index contributed by atoms with van der Waals surface area (Å²) in [4.78, 5) is 11.6. The Balaban J connectivity index is 2.75. The van der Waals surface area contributed by atoms with E-state index in [0.29, 0.717) is 15.7 Å². The van der Waals surface area contributed by atoms with E-state index >= 15 is 0 Å². The number of nitrogens with one attached hydrogen (secondary N) is 1. The van der Waals surface area contributed by atoms with Crippen molar-refractivity contribution in [1.82, 2.24) is 0 Å². The molecule has 1 unspecified atom stereocenters. The van der Waals surface area contributed by atoms with Crippen LogP contribution in [0.5, 0.6) is 0 Å². The summed E-state index contributed by atoms with van der Waals surface area (Å²) in [5, 5.41) is 3.76. The predicted molar refractivity (Wildman–Crippen MR) is 72.7 cm³/mol.